The minimum atomic E-state index is -6.00. The lowest BCUT2D eigenvalue weighted by Gasteiger charge is -2.45. The highest BCUT2D eigenvalue weighted by atomic mass is 32.2. The van der Waals surface area contributed by atoms with Gasteiger partial charge in [0.15, 0.2) is 0 Å². The van der Waals surface area contributed by atoms with Crippen molar-refractivity contribution in [3.8, 4) is 0 Å². The van der Waals surface area contributed by atoms with Crippen LogP contribution in [0.25, 0.3) is 0 Å². The largest absolute Gasteiger partial charge is 0.465 e. The van der Waals surface area contributed by atoms with Gasteiger partial charge in [0.25, 0.3) is 5.92 Å². The second-order valence-electron chi connectivity index (χ2n) is 9.51. The van der Waals surface area contributed by atoms with E-state index in [2.05, 4.69) is 4.74 Å². The summed E-state index contributed by atoms with van der Waals surface area (Å²) in [5, 5.41) is 0. The molecule has 0 bridgehead atoms. The molecule has 1 atom stereocenters. The molecule has 0 aromatic heterocycles. The van der Waals surface area contributed by atoms with Gasteiger partial charge in [0, 0.05) is 18.4 Å². The van der Waals surface area contributed by atoms with Crippen LogP contribution in [0.2, 0.25) is 0 Å². The number of esters is 3. The van der Waals surface area contributed by atoms with Gasteiger partial charge in [0.2, 0.25) is 0 Å². The predicted octanol–water partition coefficient (Wildman–Crippen LogP) is 5.62. The number of halogens is 9. The van der Waals surface area contributed by atoms with Crippen molar-refractivity contribution in [2.24, 2.45) is 5.41 Å². The van der Waals surface area contributed by atoms with Gasteiger partial charge in [-0.25, -0.2) is 13.6 Å². The zero-order valence-corrected chi connectivity index (χ0v) is 21.7. The number of ether oxygens (including phenoxy) is 3. The van der Waals surface area contributed by atoms with Crippen LogP contribution in [-0.4, -0.2) is 76.8 Å². The van der Waals surface area contributed by atoms with Crippen LogP contribution in [0.5, 0.6) is 0 Å². The molecule has 2 aliphatic rings. The summed E-state index contributed by atoms with van der Waals surface area (Å²) < 4.78 is 130. The molecule has 17 heteroatoms. The van der Waals surface area contributed by atoms with E-state index in [-0.39, 0.29) is 17.9 Å². The second kappa shape index (κ2) is 11.5. The van der Waals surface area contributed by atoms with Gasteiger partial charge in [-0.05, 0) is 26.2 Å². The molecular weight excluding hydrogens is 583 g/mol. The van der Waals surface area contributed by atoms with Crippen LogP contribution in [0, 0.1) is 5.41 Å². The molecule has 2 rings (SSSR count). The third kappa shape index (κ3) is 8.74. The lowest BCUT2D eigenvalue weighted by atomic mass is 9.95. The average Bonchev–Trinajstić information content (AvgIpc) is 3.11. The van der Waals surface area contributed by atoms with Crippen LogP contribution in [0.1, 0.15) is 46.0 Å². The molecule has 0 amide bonds. The molecule has 1 spiro atoms. The Morgan fingerprint density at radius 1 is 0.842 bits per heavy atom. The maximum absolute atomic E-state index is 13.3. The van der Waals surface area contributed by atoms with Gasteiger partial charge in [-0.2, -0.15) is 30.7 Å². The SMILES string of the molecule is CC(F)(F)CC(=O)OCC1(COC(=O)CC(F)(F)C(F)(F)F)CSC2(CCCC2OC(=O)C(C)(F)F)SC1. The van der Waals surface area contributed by atoms with Crippen molar-refractivity contribution in [1.82, 2.24) is 0 Å². The first-order chi connectivity index (χ1) is 17.1. The van der Waals surface area contributed by atoms with Gasteiger partial charge in [0.1, 0.15) is 32.2 Å². The molecule has 0 aromatic carbocycles. The Bertz CT molecular complexity index is 878. The van der Waals surface area contributed by atoms with E-state index in [0.29, 0.717) is 26.7 Å². The second-order valence-corrected chi connectivity index (χ2v) is 12.4. The smallest absolute Gasteiger partial charge is 0.453 e. The number of hydrogen-bond donors (Lipinski definition) is 0. The summed E-state index contributed by atoms with van der Waals surface area (Å²) in [6.07, 6.45) is -9.43. The monoisotopic (exact) mass is 608 g/mol. The first-order valence-corrected chi connectivity index (χ1v) is 13.1. The van der Waals surface area contributed by atoms with Crippen molar-refractivity contribution in [2.75, 3.05) is 24.7 Å². The first kappa shape index (κ1) is 32.7. The molecule has 1 aliphatic heterocycles. The van der Waals surface area contributed by atoms with E-state index in [4.69, 9.17) is 9.47 Å². The van der Waals surface area contributed by atoms with Gasteiger partial charge in [-0.1, -0.05) is 0 Å². The summed E-state index contributed by atoms with van der Waals surface area (Å²) in [7, 11) is 0. The van der Waals surface area contributed by atoms with E-state index in [1.807, 2.05) is 0 Å². The van der Waals surface area contributed by atoms with Crippen LogP contribution < -0.4 is 0 Å². The zero-order valence-electron chi connectivity index (χ0n) is 20.1. The molecule has 0 aromatic rings. The number of carbonyl (C=O) groups is 3. The first-order valence-electron chi connectivity index (χ1n) is 11.1. The van der Waals surface area contributed by atoms with Crippen LogP contribution in [0.3, 0.4) is 0 Å². The molecule has 0 radical (unpaired) electrons. The van der Waals surface area contributed by atoms with Crippen molar-refractivity contribution in [3.63, 3.8) is 0 Å². The molecule has 1 saturated heterocycles. The number of thioether (sulfide) groups is 2. The van der Waals surface area contributed by atoms with Crippen molar-refractivity contribution in [1.29, 1.82) is 0 Å². The highest BCUT2D eigenvalue weighted by Gasteiger charge is 2.59. The molecule has 1 aliphatic carbocycles. The molecule has 38 heavy (non-hydrogen) atoms. The molecule has 1 unspecified atom stereocenters. The summed E-state index contributed by atoms with van der Waals surface area (Å²) in [6, 6.07) is 0. The van der Waals surface area contributed by atoms with E-state index in [1.165, 1.54) is 0 Å². The number of rotatable bonds is 10. The quantitative estimate of drug-likeness (QED) is 0.180. The van der Waals surface area contributed by atoms with Crippen molar-refractivity contribution in [3.05, 3.63) is 0 Å². The summed E-state index contributed by atoms with van der Waals surface area (Å²) >= 11 is 2.11. The topological polar surface area (TPSA) is 78.9 Å². The van der Waals surface area contributed by atoms with Crippen LogP contribution in [0.15, 0.2) is 0 Å². The molecule has 220 valence electrons. The Morgan fingerprint density at radius 3 is 1.79 bits per heavy atom. The van der Waals surface area contributed by atoms with Crippen LogP contribution >= 0.6 is 23.5 Å². The van der Waals surface area contributed by atoms with E-state index in [0.717, 1.165) is 23.5 Å². The highest BCUT2D eigenvalue weighted by Crippen LogP contribution is 2.58. The fourth-order valence-electron chi connectivity index (χ4n) is 3.57. The van der Waals surface area contributed by atoms with Crippen LogP contribution in [-0.2, 0) is 28.6 Å². The molecule has 1 saturated carbocycles. The van der Waals surface area contributed by atoms with Crippen molar-refractivity contribution in [2.45, 2.75) is 80.1 Å². The highest BCUT2D eigenvalue weighted by molar-refractivity contribution is 8.19. The van der Waals surface area contributed by atoms with E-state index < -0.39 is 83.5 Å². The molecule has 1 heterocycles. The van der Waals surface area contributed by atoms with Gasteiger partial charge < -0.3 is 14.2 Å². The third-order valence-corrected chi connectivity index (χ3v) is 9.78. The van der Waals surface area contributed by atoms with E-state index in [9.17, 15) is 53.9 Å². The molecule has 0 N–H and O–H groups in total. The Kier molecular flexibility index (Phi) is 9.92. The van der Waals surface area contributed by atoms with Crippen molar-refractivity contribution < 1.29 is 68.1 Å². The number of carbonyl (C=O) groups excluding carboxylic acids is 3. The molecule has 2 fully saturated rings. The maximum Gasteiger partial charge on any atom is 0.453 e. The fraction of sp³-hybridized carbons (Fsp3) is 0.857. The van der Waals surface area contributed by atoms with Gasteiger partial charge in [-0.3, -0.25) is 9.59 Å². The van der Waals surface area contributed by atoms with Gasteiger partial charge in [-0.15, -0.1) is 23.5 Å². The Hall–Kier alpha value is -1.52. The Balaban J connectivity index is 2.14. The Morgan fingerprint density at radius 2 is 1.34 bits per heavy atom. The van der Waals surface area contributed by atoms with Crippen LogP contribution in [0.4, 0.5) is 39.5 Å². The van der Waals surface area contributed by atoms with Crippen molar-refractivity contribution >= 4 is 41.4 Å². The average molecular weight is 609 g/mol. The number of alkyl halides is 9. The predicted molar refractivity (Wildman–Crippen MR) is 117 cm³/mol. The fourth-order valence-corrected chi connectivity index (χ4v) is 7.31. The number of hydrogen-bond acceptors (Lipinski definition) is 8. The standard InChI is InChI=1S/C21H25F9O6S2/c1-16(22,23)6-13(31)34-8-18(9-35-14(32)7-20(26,27)21(28,29)30)10-37-19(38-11-18)5-3-4-12(19)36-15(33)17(2,24)25/h12H,3-11H2,1-2H3. The normalized spacial score (nSPS) is 26.8. The summed E-state index contributed by atoms with van der Waals surface area (Å²) in [5.41, 5.74) is -1.41. The minimum absolute atomic E-state index is 0.116. The zero-order chi connectivity index (χ0) is 29.2. The Labute approximate surface area is 220 Å². The van der Waals surface area contributed by atoms with Gasteiger partial charge >= 0.3 is 35.9 Å². The summed E-state index contributed by atoms with van der Waals surface area (Å²) in [6.45, 7) is -0.625. The van der Waals surface area contributed by atoms with E-state index >= 15 is 0 Å². The maximum atomic E-state index is 13.3. The molecule has 6 nitrogen and oxygen atoms in total. The lowest BCUT2D eigenvalue weighted by molar-refractivity contribution is -0.284. The lowest BCUT2D eigenvalue weighted by Crippen LogP contribution is -2.49. The third-order valence-electron chi connectivity index (χ3n) is 5.65. The molecular formula is C21H25F9O6S2. The van der Waals surface area contributed by atoms with E-state index in [1.54, 1.807) is 0 Å². The van der Waals surface area contributed by atoms with Gasteiger partial charge in [0.05, 0.1) is 9.49 Å². The summed E-state index contributed by atoms with van der Waals surface area (Å²) in [5.74, 6) is -17.7. The minimum Gasteiger partial charge on any atom is -0.465 e. The summed E-state index contributed by atoms with van der Waals surface area (Å²) in [4.78, 5) is 35.3.